The number of para-hydroxylation sites is 1. The molecule has 1 atom stereocenters. The quantitative estimate of drug-likeness (QED) is 0.526. The molecule has 0 fully saturated rings. The van der Waals surface area contributed by atoms with Gasteiger partial charge >= 0.3 is 0 Å². The first-order valence-corrected chi connectivity index (χ1v) is 10.5. The fraction of sp³-hybridized carbons (Fsp3) is 0.176. The molecule has 28 heavy (non-hydrogen) atoms. The van der Waals surface area contributed by atoms with Crippen molar-refractivity contribution in [3.63, 3.8) is 0 Å². The molecular weight excluding hydrogens is 449 g/mol. The number of amides is 2. The molecule has 1 aliphatic heterocycles. The minimum absolute atomic E-state index is 0.00985. The third-order valence-corrected chi connectivity index (χ3v) is 6.36. The summed E-state index contributed by atoms with van der Waals surface area (Å²) in [6.07, 6.45) is -1.17. The molecule has 2 N–H and O–H groups in total. The van der Waals surface area contributed by atoms with Gasteiger partial charge in [-0.25, -0.2) is 12.7 Å². The number of hydrogen-bond donors (Lipinski definition) is 2. The van der Waals surface area contributed by atoms with Crippen LogP contribution in [0.2, 0.25) is 0 Å². The molecule has 2 amide bonds. The molecule has 3 rings (SSSR count). The predicted octanol–water partition coefficient (Wildman–Crippen LogP) is 2.76. The maximum Gasteiger partial charge on any atom is 0.269 e. The molecule has 11 heteroatoms. The van der Waals surface area contributed by atoms with Gasteiger partial charge in [-0.3, -0.25) is 9.59 Å². The third-order valence-electron chi connectivity index (χ3n) is 3.92. The average Bonchev–Trinajstić information content (AvgIpc) is 2.82. The minimum Gasteiger partial charge on any atom is -0.362 e. The van der Waals surface area contributed by atoms with Gasteiger partial charge in [-0.1, -0.05) is 65.1 Å². The van der Waals surface area contributed by atoms with E-state index in [4.69, 9.17) is 34.8 Å². The number of hydrogen-bond acceptors (Lipinski definition) is 5. The Bertz CT molecular complexity index is 1010. The van der Waals surface area contributed by atoms with E-state index in [0.717, 1.165) is 0 Å². The van der Waals surface area contributed by atoms with Gasteiger partial charge in [-0.2, -0.15) is 0 Å². The van der Waals surface area contributed by atoms with Crippen molar-refractivity contribution in [2.75, 3.05) is 11.9 Å². The summed E-state index contributed by atoms with van der Waals surface area (Å²) in [5.41, 5.74) is 0.576. The van der Waals surface area contributed by atoms with Crippen LogP contribution in [0.3, 0.4) is 0 Å². The van der Waals surface area contributed by atoms with Crippen molar-refractivity contribution in [3.8, 4) is 0 Å². The number of nitrogens with one attached hydrogen (secondary N) is 2. The van der Waals surface area contributed by atoms with E-state index in [1.165, 1.54) is 18.2 Å². The zero-order valence-corrected chi connectivity index (χ0v) is 17.2. The van der Waals surface area contributed by atoms with Gasteiger partial charge in [0.2, 0.25) is 9.70 Å². The molecule has 2 aromatic carbocycles. The molecule has 1 heterocycles. The second-order valence-corrected chi connectivity index (χ2v) is 10.1. The van der Waals surface area contributed by atoms with Gasteiger partial charge in [0.25, 0.3) is 15.9 Å². The highest BCUT2D eigenvalue weighted by Crippen LogP contribution is 2.32. The van der Waals surface area contributed by atoms with Gasteiger partial charge in [0.15, 0.2) is 0 Å². The fourth-order valence-electron chi connectivity index (χ4n) is 2.63. The largest absolute Gasteiger partial charge is 0.362 e. The van der Waals surface area contributed by atoms with Gasteiger partial charge < -0.3 is 10.6 Å². The first-order valence-electron chi connectivity index (χ1n) is 7.94. The molecular formula is C17H14Cl3N3O4S. The number of carbonyl (C=O) groups is 2. The number of rotatable bonds is 5. The van der Waals surface area contributed by atoms with Crippen LogP contribution < -0.4 is 10.6 Å². The lowest BCUT2D eigenvalue weighted by molar-refractivity contribution is -0.121. The summed E-state index contributed by atoms with van der Waals surface area (Å²) in [5, 5.41) is 5.26. The molecule has 1 aliphatic rings. The van der Waals surface area contributed by atoms with E-state index in [0.29, 0.717) is 9.99 Å². The number of anilines is 1. The Hall–Kier alpha value is -2.00. The monoisotopic (exact) mass is 461 g/mol. The molecule has 0 radical (unpaired) electrons. The molecule has 0 saturated heterocycles. The number of carbonyl (C=O) groups excluding carboxylic acids is 2. The smallest absolute Gasteiger partial charge is 0.269 e. The summed E-state index contributed by atoms with van der Waals surface area (Å²) in [4.78, 5) is 24.7. The predicted molar refractivity (Wildman–Crippen MR) is 107 cm³/mol. The van der Waals surface area contributed by atoms with Gasteiger partial charge in [-0.15, -0.1) is 0 Å². The number of nitrogens with zero attached hydrogens (tertiary/aromatic N) is 1. The van der Waals surface area contributed by atoms with Crippen molar-refractivity contribution < 1.29 is 18.0 Å². The molecule has 2 aromatic rings. The lowest BCUT2D eigenvalue weighted by Crippen LogP contribution is -2.52. The van der Waals surface area contributed by atoms with Crippen LogP contribution in [0, 0.1) is 0 Å². The van der Waals surface area contributed by atoms with Crippen LogP contribution in [-0.2, 0) is 14.8 Å². The van der Waals surface area contributed by atoms with E-state index in [2.05, 4.69) is 10.6 Å². The SMILES string of the molecule is O=C(CN1C(=O)c2ccccc2S1(=O)=O)NC(Nc1ccccc1)C(Cl)(Cl)Cl. The van der Waals surface area contributed by atoms with Crippen molar-refractivity contribution in [2.45, 2.75) is 14.9 Å². The summed E-state index contributed by atoms with van der Waals surface area (Å²) >= 11 is 17.8. The van der Waals surface area contributed by atoms with Crippen LogP contribution >= 0.6 is 34.8 Å². The van der Waals surface area contributed by atoms with Crippen LogP contribution in [0.25, 0.3) is 0 Å². The number of fused-ring (bicyclic) bond motifs is 1. The Morgan fingerprint density at radius 1 is 1.04 bits per heavy atom. The van der Waals surface area contributed by atoms with Crippen molar-refractivity contribution in [3.05, 3.63) is 60.2 Å². The Morgan fingerprint density at radius 3 is 2.25 bits per heavy atom. The molecule has 0 aromatic heterocycles. The molecule has 0 aliphatic carbocycles. The van der Waals surface area contributed by atoms with Crippen LogP contribution in [-0.4, -0.2) is 41.0 Å². The Morgan fingerprint density at radius 2 is 1.64 bits per heavy atom. The highest BCUT2D eigenvalue weighted by molar-refractivity contribution is 7.90. The summed E-state index contributed by atoms with van der Waals surface area (Å²) in [5.74, 6) is -1.60. The maximum atomic E-state index is 12.5. The van der Waals surface area contributed by atoms with Crippen molar-refractivity contribution in [1.82, 2.24) is 9.62 Å². The Kier molecular flexibility index (Phi) is 5.77. The zero-order chi connectivity index (χ0) is 20.5. The fourth-order valence-corrected chi connectivity index (χ4v) is 4.48. The number of benzene rings is 2. The van der Waals surface area contributed by atoms with E-state index in [-0.39, 0.29) is 10.5 Å². The summed E-state index contributed by atoms with van der Waals surface area (Å²) < 4.78 is 23.6. The molecule has 1 unspecified atom stereocenters. The molecule has 0 saturated carbocycles. The van der Waals surface area contributed by atoms with Gasteiger partial charge in [-0.05, 0) is 24.3 Å². The van der Waals surface area contributed by atoms with Gasteiger partial charge in [0, 0.05) is 5.69 Å². The molecule has 148 valence electrons. The second-order valence-electron chi connectivity index (χ2n) is 5.87. The lowest BCUT2D eigenvalue weighted by atomic mass is 10.2. The van der Waals surface area contributed by atoms with E-state index < -0.39 is 38.3 Å². The Labute approximate surface area is 176 Å². The summed E-state index contributed by atoms with van der Waals surface area (Å²) in [6.45, 7) is -0.746. The average molecular weight is 463 g/mol. The van der Waals surface area contributed by atoms with Crippen molar-refractivity contribution >= 4 is 62.3 Å². The summed E-state index contributed by atoms with van der Waals surface area (Å²) in [6, 6.07) is 14.4. The highest BCUT2D eigenvalue weighted by atomic mass is 35.6. The van der Waals surface area contributed by atoms with E-state index in [1.807, 2.05) is 0 Å². The summed E-state index contributed by atoms with van der Waals surface area (Å²) in [7, 11) is -4.12. The van der Waals surface area contributed by atoms with Crippen molar-refractivity contribution in [1.29, 1.82) is 0 Å². The topological polar surface area (TPSA) is 95.6 Å². The molecule has 0 bridgehead atoms. The zero-order valence-electron chi connectivity index (χ0n) is 14.1. The lowest BCUT2D eigenvalue weighted by Gasteiger charge is -2.28. The van der Waals surface area contributed by atoms with Crippen LogP contribution in [0.15, 0.2) is 59.5 Å². The number of sulfonamides is 1. The number of alkyl halides is 3. The maximum absolute atomic E-state index is 12.5. The van der Waals surface area contributed by atoms with Crippen molar-refractivity contribution in [2.24, 2.45) is 0 Å². The standard InChI is InChI=1S/C17H14Cl3N3O4S/c18-17(19,20)16(21-11-6-2-1-3-7-11)22-14(24)10-23-15(25)12-8-4-5-9-13(12)28(23,26)27/h1-9,16,21H,10H2,(H,22,24). The van der Waals surface area contributed by atoms with Crippen LogP contribution in [0.5, 0.6) is 0 Å². The van der Waals surface area contributed by atoms with E-state index >= 15 is 0 Å². The minimum atomic E-state index is -4.12. The molecule has 7 nitrogen and oxygen atoms in total. The van der Waals surface area contributed by atoms with Crippen LogP contribution in [0.1, 0.15) is 10.4 Å². The second kappa shape index (κ2) is 7.79. The molecule has 0 spiro atoms. The first kappa shape index (κ1) is 20.7. The Balaban J connectivity index is 1.76. The normalized spacial score (nSPS) is 16.4. The third kappa shape index (κ3) is 4.20. The number of halogens is 3. The van der Waals surface area contributed by atoms with Gasteiger partial charge in [0.05, 0.1) is 5.56 Å². The van der Waals surface area contributed by atoms with Gasteiger partial charge in [0.1, 0.15) is 17.6 Å². The highest BCUT2D eigenvalue weighted by Gasteiger charge is 2.42. The van der Waals surface area contributed by atoms with E-state index in [1.54, 1.807) is 36.4 Å². The van der Waals surface area contributed by atoms with E-state index in [9.17, 15) is 18.0 Å². The van der Waals surface area contributed by atoms with Crippen LogP contribution in [0.4, 0.5) is 5.69 Å². The first-order chi connectivity index (χ1) is 13.1.